The zero-order chi connectivity index (χ0) is 24.0. The summed E-state index contributed by atoms with van der Waals surface area (Å²) >= 11 is 0. The van der Waals surface area contributed by atoms with Crippen LogP contribution < -0.4 is 10.6 Å². The fraction of sp³-hybridized carbons (Fsp3) is 0.464. The highest BCUT2D eigenvalue weighted by atomic mass is 19.1. The lowest BCUT2D eigenvalue weighted by molar-refractivity contribution is -0.126. The van der Waals surface area contributed by atoms with Crippen LogP contribution in [0.2, 0.25) is 0 Å². The maximum atomic E-state index is 13.9. The van der Waals surface area contributed by atoms with Crippen molar-refractivity contribution < 1.29 is 13.6 Å². The molecule has 1 amide bonds. The standard InChI is InChI=1S/C28H35F2N3O/c1-2-31-26-20-22(6-11-25(26)30)21-12-18-33(19-13-21)17-5-16-32-27(34)28(14-3-4-15-28)23-7-9-24(29)10-8-23/h2,6-11,20-21,31H,1,3-5,12-19H2,(H,32,34). The molecular formula is C28H35F2N3O. The smallest absolute Gasteiger partial charge is 0.230 e. The first kappa shape index (κ1) is 24.4. The molecule has 2 aromatic carbocycles. The van der Waals surface area contributed by atoms with E-state index in [2.05, 4.69) is 22.1 Å². The second-order valence-electron chi connectivity index (χ2n) is 9.61. The summed E-state index contributed by atoms with van der Waals surface area (Å²) < 4.78 is 27.3. The van der Waals surface area contributed by atoms with Gasteiger partial charge < -0.3 is 15.5 Å². The van der Waals surface area contributed by atoms with E-state index in [1.165, 1.54) is 30.0 Å². The van der Waals surface area contributed by atoms with E-state index in [1.807, 2.05) is 12.1 Å². The highest BCUT2D eigenvalue weighted by molar-refractivity contribution is 5.88. The number of benzene rings is 2. The second kappa shape index (κ2) is 11.1. The van der Waals surface area contributed by atoms with Crippen LogP contribution in [-0.2, 0) is 10.2 Å². The average molecular weight is 468 g/mol. The van der Waals surface area contributed by atoms with Crippen LogP contribution in [0.5, 0.6) is 0 Å². The molecule has 6 heteroatoms. The van der Waals surface area contributed by atoms with Gasteiger partial charge in [0.05, 0.1) is 11.1 Å². The van der Waals surface area contributed by atoms with Gasteiger partial charge in [-0.25, -0.2) is 8.78 Å². The Morgan fingerprint density at radius 1 is 1.09 bits per heavy atom. The Bertz CT molecular complexity index is 978. The lowest BCUT2D eigenvalue weighted by Crippen LogP contribution is -2.43. The summed E-state index contributed by atoms with van der Waals surface area (Å²) in [6.45, 7) is 7.21. The Labute approximate surface area is 201 Å². The van der Waals surface area contributed by atoms with E-state index < -0.39 is 5.41 Å². The molecule has 182 valence electrons. The van der Waals surface area contributed by atoms with E-state index in [-0.39, 0.29) is 17.5 Å². The van der Waals surface area contributed by atoms with Crippen molar-refractivity contribution in [2.24, 2.45) is 0 Å². The summed E-state index contributed by atoms with van der Waals surface area (Å²) in [6.07, 6.45) is 8.19. The topological polar surface area (TPSA) is 44.4 Å². The number of carbonyl (C=O) groups is 1. The number of nitrogens with one attached hydrogen (secondary N) is 2. The van der Waals surface area contributed by atoms with Gasteiger partial charge >= 0.3 is 0 Å². The van der Waals surface area contributed by atoms with Crippen molar-refractivity contribution in [2.45, 2.75) is 56.3 Å². The molecule has 1 aliphatic heterocycles. The third-order valence-corrected chi connectivity index (χ3v) is 7.53. The number of halogens is 2. The number of nitrogens with zero attached hydrogens (tertiary/aromatic N) is 1. The molecule has 4 nitrogen and oxygen atoms in total. The molecular weight excluding hydrogens is 432 g/mol. The predicted octanol–water partition coefficient (Wildman–Crippen LogP) is 5.72. The van der Waals surface area contributed by atoms with Gasteiger partial charge in [-0.15, -0.1) is 0 Å². The number of likely N-dealkylation sites (tertiary alicyclic amines) is 1. The van der Waals surface area contributed by atoms with E-state index in [9.17, 15) is 13.6 Å². The number of hydrogen-bond donors (Lipinski definition) is 2. The van der Waals surface area contributed by atoms with Crippen LogP contribution >= 0.6 is 0 Å². The van der Waals surface area contributed by atoms with E-state index in [4.69, 9.17) is 0 Å². The van der Waals surface area contributed by atoms with Crippen LogP contribution in [0.1, 0.15) is 62.0 Å². The highest BCUT2D eigenvalue weighted by Gasteiger charge is 2.42. The molecule has 0 radical (unpaired) electrons. The minimum absolute atomic E-state index is 0.0792. The molecule has 34 heavy (non-hydrogen) atoms. The van der Waals surface area contributed by atoms with Gasteiger partial charge in [0.2, 0.25) is 5.91 Å². The number of piperidine rings is 1. The van der Waals surface area contributed by atoms with Crippen molar-refractivity contribution in [3.8, 4) is 0 Å². The molecule has 1 saturated carbocycles. The minimum Gasteiger partial charge on any atom is -0.360 e. The van der Waals surface area contributed by atoms with Crippen LogP contribution in [-0.4, -0.2) is 37.0 Å². The molecule has 0 unspecified atom stereocenters. The van der Waals surface area contributed by atoms with Gasteiger partial charge in [0.1, 0.15) is 11.6 Å². The van der Waals surface area contributed by atoms with Crippen LogP contribution in [0.25, 0.3) is 0 Å². The van der Waals surface area contributed by atoms with Crippen molar-refractivity contribution in [1.82, 2.24) is 10.2 Å². The first-order valence-corrected chi connectivity index (χ1v) is 12.5. The van der Waals surface area contributed by atoms with Crippen LogP contribution in [0.4, 0.5) is 14.5 Å². The Morgan fingerprint density at radius 2 is 1.79 bits per heavy atom. The molecule has 2 aliphatic rings. The normalized spacial score (nSPS) is 18.5. The Kier molecular flexibility index (Phi) is 7.99. The average Bonchev–Trinajstić information content (AvgIpc) is 3.35. The number of amides is 1. The zero-order valence-corrected chi connectivity index (χ0v) is 19.8. The zero-order valence-electron chi connectivity index (χ0n) is 19.8. The summed E-state index contributed by atoms with van der Waals surface area (Å²) in [6, 6.07) is 11.7. The Hall–Kier alpha value is -2.73. The van der Waals surface area contributed by atoms with Gasteiger partial charge in [0.25, 0.3) is 0 Å². The summed E-state index contributed by atoms with van der Waals surface area (Å²) in [5, 5.41) is 6.04. The lowest BCUT2D eigenvalue weighted by Gasteiger charge is -2.32. The minimum atomic E-state index is -0.513. The first-order chi connectivity index (χ1) is 16.5. The molecule has 2 aromatic rings. The molecule has 0 spiro atoms. The number of rotatable bonds is 9. The molecule has 0 aromatic heterocycles. The summed E-state index contributed by atoms with van der Waals surface area (Å²) in [5.74, 6) is -0.0215. The molecule has 4 rings (SSSR count). The number of hydrogen-bond acceptors (Lipinski definition) is 3. The predicted molar refractivity (Wildman–Crippen MR) is 133 cm³/mol. The van der Waals surface area contributed by atoms with Crippen molar-refractivity contribution in [3.63, 3.8) is 0 Å². The number of anilines is 1. The van der Waals surface area contributed by atoms with E-state index in [0.717, 1.165) is 70.1 Å². The van der Waals surface area contributed by atoms with Gasteiger partial charge in [0.15, 0.2) is 0 Å². The highest BCUT2D eigenvalue weighted by Crippen LogP contribution is 2.41. The largest absolute Gasteiger partial charge is 0.360 e. The third-order valence-electron chi connectivity index (χ3n) is 7.53. The molecule has 2 fully saturated rings. The van der Waals surface area contributed by atoms with Crippen molar-refractivity contribution in [2.75, 3.05) is 31.5 Å². The van der Waals surface area contributed by atoms with E-state index >= 15 is 0 Å². The van der Waals surface area contributed by atoms with E-state index in [0.29, 0.717) is 18.2 Å². The maximum Gasteiger partial charge on any atom is 0.230 e. The lowest BCUT2D eigenvalue weighted by atomic mass is 9.78. The molecule has 0 bridgehead atoms. The quantitative estimate of drug-likeness (QED) is 0.464. The first-order valence-electron chi connectivity index (χ1n) is 12.5. The summed E-state index contributed by atoms with van der Waals surface area (Å²) in [4.78, 5) is 15.6. The van der Waals surface area contributed by atoms with Crippen molar-refractivity contribution >= 4 is 11.6 Å². The monoisotopic (exact) mass is 467 g/mol. The molecule has 1 heterocycles. The van der Waals surface area contributed by atoms with Crippen LogP contribution in [0.3, 0.4) is 0 Å². The van der Waals surface area contributed by atoms with Crippen LogP contribution in [0.15, 0.2) is 55.2 Å². The molecule has 1 aliphatic carbocycles. The van der Waals surface area contributed by atoms with E-state index in [1.54, 1.807) is 12.1 Å². The summed E-state index contributed by atoms with van der Waals surface area (Å²) in [5.41, 5.74) is 2.06. The van der Waals surface area contributed by atoms with Gasteiger partial charge in [-0.1, -0.05) is 37.6 Å². The molecule has 0 atom stereocenters. The van der Waals surface area contributed by atoms with Gasteiger partial charge in [0, 0.05) is 6.54 Å². The summed E-state index contributed by atoms with van der Waals surface area (Å²) in [7, 11) is 0. The fourth-order valence-corrected chi connectivity index (χ4v) is 5.58. The third kappa shape index (κ3) is 5.49. The number of carbonyl (C=O) groups excluding carboxylic acids is 1. The SMILES string of the molecule is C=CNc1cc(C2CCN(CCCNC(=O)C3(c4ccc(F)cc4)CCCC3)CC2)ccc1F. The maximum absolute atomic E-state index is 13.9. The van der Waals surface area contributed by atoms with Gasteiger partial charge in [-0.05, 0) is 99.2 Å². The Morgan fingerprint density at radius 3 is 2.47 bits per heavy atom. The van der Waals surface area contributed by atoms with Crippen molar-refractivity contribution in [3.05, 3.63) is 78.0 Å². The second-order valence-corrected chi connectivity index (χ2v) is 9.61. The fourth-order valence-electron chi connectivity index (χ4n) is 5.58. The van der Waals surface area contributed by atoms with Crippen LogP contribution in [0, 0.1) is 11.6 Å². The van der Waals surface area contributed by atoms with Gasteiger partial charge in [-0.3, -0.25) is 4.79 Å². The molecule has 1 saturated heterocycles. The van der Waals surface area contributed by atoms with Gasteiger partial charge in [-0.2, -0.15) is 0 Å². The Balaban J connectivity index is 1.23. The molecule has 2 N–H and O–H groups in total. The van der Waals surface area contributed by atoms with Crippen molar-refractivity contribution in [1.29, 1.82) is 0 Å².